The quantitative estimate of drug-likeness (QED) is 0.754. The van der Waals surface area contributed by atoms with Crippen molar-refractivity contribution < 1.29 is 9.53 Å². The van der Waals surface area contributed by atoms with Gasteiger partial charge in [0.2, 0.25) is 0 Å². The number of thiophene rings is 1. The Morgan fingerprint density at radius 1 is 1.40 bits per heavy atom. The third-order valence-electron chi connectivity index (χ3n) is 4.31. The van der Waals surface area contributed by atoms with E-state index in [1.165, 1.54) is 4.88 Å². The fourth-order valence-corrected chi connectivity index (χ4v) is 4.11. The number of anilines is 1. The van der Waals surface area contributed by atoms with Gasteiger partial charge in [0.1, 0.15) is 11.5 Å². The standard InChI is InChI=1S/C18H20N4O2S/c1-12-10-14-17(25-12)13(11-22-6-8-24-9-7-22)16(20-14)18(23)21-15-4-2-3-5-19-15/h2-5,10,20H,6-9,11H2,1H3,(H,19,21,23). The molecule has 3 aromatic rings. The minimum absolute atomic E-state index is 0.150. The second-order valence-electron chi connectivity index (χ2n) is 6.14. The highest BCUT2D eigenvalue weighted by atomic mass is 32.1. The van der Waals surface area contributed by atoms with Gasteiger partial charge in [-0.2, -0.15) is 0 Å². The monoisotopic (exact) mass is 356 g/mol. The fourth-order valence-electron chi connectivity index (χ4n) is 3.10. The minimum atomic E-state index is -0.150. The summed E-state index contributed by atoms with van der Waals surface area (Å²) in [5, 5.41) is 2.88. The SMILES string of the molecule is Cc1cc2[nH]c(C(=O)Nc3ccccn3)c(CN3CCOCC3)c2s1. The molecule has 0 saturated carbocycles. The van der Waals surface area contributed by atoms with Crippen LogP contribution in [0.2, 0.25) is 0 Å². The first-order valence-electron chi connectivity index (χ1n) is 8.34. The number of hydrogen-bond acceptors (Lipinski definition) is 5. The van der Waals surface area contributed by atoms with Crippen molar-refractivity contribution in [2.45, 2.75) is 13.5 Å². The zero-order valence-corrected chi connectivity index (χ0v) is 14.9. The molecule has 0 atom stereocenters. The molecule has 4 rings (SSSR count). The fraction of sp³-hybridized carbons (Fsp3) is 0.333. The van der Waals surface area contributed by atoms with Gasteiger partial charge in [0, 0.05) is 36.3 Å². The molecule has 1 aliphatic heterocycles. The summed E-state index contributed by atoms with van der Waals surface area (Å²) in [6.07, 6.45) is 1.67. The summed E-state index contributed by atoms with van der Waals surface area (Å²) < 4.78 is 6.59. The van der Waals surface area contributed by atoms with E-state index in [1.807, 2.05) is 12.1 Å². The van der Waals surface area contributed by atoms with Crippen LogP contribution in [0.1, 0.15) is 20.9 Å². The Labute approximate surface area is 149 Å². The molecule has 7 heteroatoms. The van der Waals surface area contributed by atoms with E-state index in [9.17, 15) is 4.79 Å². The number of amides is 1. The lowest BCUT2D eigenvalue weighted by Gasteiger charge is -2.26. The Hall–Kier alpha value is -2.22. The van der Waals surface area contributed by atoms with Gasteiger partial charge in [0.25, 0.3) is 5.91 Å². The maximum atomic E-state index is 12.8. The Morgan fingerprint density at radius 3 is 3.00 bits per heavy atom. The molecular formula is C18H20N4O2S. The molecule has 0 aromatic carbocycles. The van der Waals surface area contributed by atoms with Crippen molar-refractivity contribution in [1.82, 2.24) is 14.9 Å². The van der Waals surface area contributed by atoms with Gasteiger partial charge in [-0.3, -0.25) is 9.69 Å². The Kier molecular flexibility index (Phi) is 4.52. The number of pyridine rings is 1. The van der Waals surface area contributed by atoms with E-state index >= 15 is 0 Å². The van der Waals surface area contributed by atoms with Gasteiger partial charge in [-0.25, -0.2) is 4.98 Å². The van der Waals surface area contributed by atoms with Crippen LogP contribution in [0.15, 0.2) is 30.5 Å². The summed E-state index contributed by atoms with van der Waals surface area (Å²) in [5.41, 5.74) is 2.71. The molecule has 2 N–H and O–H groups in total. The van der Waals surface area contributed by atoms with Gasteiger partial charge in [0.15, 0.2) is 0 Å². The van der Waals surface area contributed by atoms with Crippen LogP contribution in [0.4, 0.5) is 5.82 Å². The van der Waals surface area contributed by atoms with Crippen LogP contribution >= 0.6 is 11.3 Å². The third kappa shape index (κ3) is 3.44. The van der Waals surface area contributed by atoms with Crippen LogP contribution < -0.4 is 5.32 Å². The van der Waals surface area contributed by atoms with Crippen molar-refractivity contribution >= 4 is 33.3 Å². The normalized spacial score (nSPS) is 15.6. The van der Waals surface area contributed by atoms with Crippen LogP contribution in [-0.2, 0) is 11.3 Å². The summed E-state index contributed by atoms with van der Waals surface area (Å²) in [5.74, 6) is 0.405. The highest BCUT2D eigenvalue weighted by Gasteiger charge is 2.22. The van der Waals surface area contributed by atoms with Gasteiger partial charge in [0.05, 0.1) is 23.4 Å². The number of aromatic nitrogens is 2. The topological polar surface area (TPSA) is 70.2 Å². The molecule has 6 nitrogen and oxygen atoms in total. The molecule has 1 amide bonds. The first kappa shape index (κ1) is 16.3. The smallest absolute Gasteiger partial charge is 0.273 e. The molecule has 0 unspecified atom stereocenters. The largest absolute Gasteiger partial charge is 0.379 e. The zero-order valence-electron chi connectivity index (χ0n) is 14.0. The molecule has 0 bridgehead atoms. The summed E-state index contributed by atoms with van der Waals surface area (Å²) in [7, 11) is 0. The van der Waals surface area contributed by atoms with E-state index in [0.717, 1.165) is 48.6 Å². The minimum Gasteiger partial charge on any atom is -0.379 e. The highest BCUT2D eigenvalue weighted by Crippen LogP contribution is 2.32. The van der Waals surface area contributed by atoms with Crippen molar-refractivity contribution in [1.29, 1.82) is 0 Å². The van der Waals surface area contributed by atoms with Crippen LogP contribution in [0.25, 0.3) is 10.2 Å². The average molecular weight is 356 g/mol. The predicted octanol–water partition coefficient (Wildman–Crippen LogP) is 3.02. The van der Waals surface area contributed by atoms with E-state index in [-0.39, 0.29) is 5.91 Å². The molecule has 1 fully saturated rings. The summed E-state index contributed by atoms with van der Waals surface area (Å²) >= 11 is 1.73. The number of H-pyrrole nitrogens is 1. The lowest BCUT2D eigenvalue weighted by atomic mass is 10.2. The number of hydrogen-bond donors (Lipinski definition) is 2. The van der Waals surface area contributed by atoms with Crippen LogP contribution in [0, 0.1) is 6.92 Å². The molecular weight excluding hydrogens is 336 g/mol. The number of rotatable bonds is 4. The molecule has 4 heterocycles. The van der Waals surface area contributed by atoms with Crippen molar-refractivity contribution in [3.63, 3.8) is 0 Å². The van der Waals surface area contributed by atoms with Crippen molar-refractivity contribution in [3.05, 3.63) is 46.6 Å². The number of carbonyl (C=O) groups is 1. The van der Waals surface area contributed by atoms with Crippen LogP contribution in [0.3, 0.4) is 0 Å². The zero-order chi connectivity index (χ0) is 17.2. The molecule has 0 aliphatic carbocycles. The number of carbonyl (C=O) groups excluding carboxylic acids is 1. The first-order chi connectivity index (χ1) is 12.2. The van der Waals surface area contributed by atoms with Gasteiger partial charge < -0.3 is 15.0 Å². The highest BCUT2D eigenvalue weighted by molar-refractivity contribution is 7.19. The number of nitrogens with zero attached hydrogens (tertiary/aromatic N) is 2. The number of nitrogens with one attached hydrogen (secondary N) is 2. The van der Waals surface area contributed by atoms with Gasteiger partial charge in [-0.15, -0.1) is 11.3 Å². The summed E-state index contributed by atoms with van der Waals surface area (Å²) in [6.45, 7) is 6.09. The Morgan fingerprint density at radius 2 is 2.24 bits per heavy atom. The molecule has 0 spiro atoms. The molecule has 130 valence electrons. The number of aryl methyl sites for hydroxylation is 1. The van der Waals surface area contributed by atoms with Crippen molar-refractivity contribution in [2.24, 2.45) is 0 Å². The number of ether oxygens (including phenoxy) is 1. The molecule has 1 aliphatic rings. The Bertz CT molecular complexity index is 881. The van der Waals surface area contributed by atoms with Crippen molar-refractivity contribution in [3.8, 4) is 0 Å². The van der Waals surface area contributed by atoms with Crippen LogP contribution in [-0.4, -0.2) is 47.1 Å². The first-order valence-corrected chi connectivity index (χ1v) is 9.16. The van der Waals surface area contributed by atoms with E-state index in [0.29, 0.717) is 11.5 Å². The van der Waals surface area contributed by atoms with E-state index in [1.54, 1.807) is 23.6 Å². The molecule has 0 radical (unpaired) electrons. The van der Waals surface area contributed by atoms with E-state index in [2.05, 4.69) is 33.2 Å². The molecule has 1 saturated heterocycles. The summed E-state index contributed by atoms with van der Waals surface area (Å²) in [6, 6.07) is 7.57. The van der Waals surface area contributed by atoms with E-state index < -0.39 is 0 Å². The van der Waals surface area contributed by atoms with Crippen molar-refractivity contribution in [2.75, 3.05) is 31.6 Å². The Balaban J connectivity index is 1.65. The third-order valence-corrected chi connectivity index (χ3v) is 5.42. The average Bonchev–Trinajstić information content (AvgIpc) is 3.14. The van der Waals surface area contributed by atoms with Gasteiger partial charge in [-0.1, -0.05) is 6.07 Å². The maximum Gasteiger partial charge on any atom is 0.273 e. The molecule has 25 heavy (non-hydrogen) atoms. The van der Waals surface area contributed by atoms with Gasteiger partial charge in [-0.05, 0) is 25.1 Å². The van der Waals surface area contributed by atoms with Crippen LogP contribution in [0.5, 0.6) is 0 Å². The number of fused-ring (bicyclic) bond motifs is 1. The predicted molar refractivity (Wildman–Crippen MR) is 99.2 cm³/mol. The maximum absolute atomic E-state index is 12.8. The lowest BCUT2D eigenvalue weighted by Crippen LogP contribution is -2.36. The lowest BCUT2D eigenvalue weighted by molar-refractivity contribution is 0.0343. The molecule has 3 aromatic heterocycles. The summed E-state index contributed by atoms with van der Waals surface area (Å²) in [4.78, 5) is 23.9. The second kappa shape index (κ2) is 6.95. The van der Waals surface area contributed by atoms with E-state index in [4.69, 9.17) is 4.74 Å². The second-order valence-corrected chi connectivity index (χ2v) is 7.39. The number of morpholine rings is 1. The van der Waals surface area contributed by atoms with Gasteiger partial charge >= 0.3 is 0 Å². The number of aromatic amines is 1.